The highest BCUT2D eigenvalue weighted by Gasteiger charge is 2.15. The fourth-order valence-electron chi connectivity index (χ4n) is 4.34. The SMILES string of the molecule is C=CC(=O)OCCCCCCOc1ccc(C(=O)Oc2ccc(OC(=O)c3ccc(OCCCCCCOC(=O)C=C)c(F)c3)cc2)cc1F. The van der Waals surface area contributed by atoms with E-state index in [1.807, 2.05) is 0 Å². The third-order valence-corrected chi connectivity index (χ3v) is 6.99. The molecule has 3 rings (SSSR count). The lowest BCUT2D eigenvalue weighted by Crippen LogP contribution is -2.10. The van der Waals surface area contributed by atoms with E-state index in [2.05, 4.69) is 13.2 Å². The highest BCUT2D eigenvalue weighted by Crippen LogP contribution is 2.24. The maximum absolute atomic E-state index is 14.6. The maximum Gasteiger partial charge on any atom is 0.343 e. The average Bonchev–Trinajstić information content (AvgIpc) is 3.11. The van der Waals surface area contributed by atoms with Gasteiger partial charge in [0.05, 0.1) is 37.6 Å². The van der Waals surface area contributed by atoms with E-state index in [1.54, 1.807) is 0 Å². The van der Waals surface area contributed by atoms with Gasteiger partial charge < -0.3 is 28.4 Å². The van der Waals surface area contributed by atoms with E-state index < -0.39 is 35.5 Å². The van der Waals surface area contributed by atoms with Crippen molar-refractivity contribution in [2.75, 3.05) is 26.4 Å². The van der Waals surface area contributed by atoms with Crippen LogP contribution in [0.4, 0.5) is 8.78 Å². The lowest BCUT2D eigenvalue weighted by atomic mass is 10.2. The van der Waals surface area contributed by atoms with E-state index in [-0.39, 0.29) is 47.3 Å². The molecule has 12 heteroatoms. The number of hydrogen-bond donors (Lipinski definition) is 0. The van der Waals surface area contributed by atoms with Crippen molar-refractivity contribution in [2.24, 2.45) is 0 Å². The van der Waals surface area contributed by atoms with Crippen LogP contribution in [0.3, 0.4) is 0 Å². The van der Waals surface area contributed by atoms with Crippen molar-refractivity contribution in [3.05, 3.63) is 109 Å². The van der Waals surface area contributed by atoms with Crippen LogP contribution in [0, 0.1) is 11.6 Å². The second-order valence-corrected chi connectivity index (χ2v) is 10.8. The number of rotatable bonds is 22. The van der Waals surface area contributed by atoms with Gasteiger partial charge in [0.2, 0.25) is 0 Å². The number of esters is 4. The number of benzene rings is 3. The Balaban J connectivity index is 1.38. The highest BCUT2D eigenvalue weighted by molar-refractivity contribution is 5.92. The monoisotopic (exact) mass is 694 g/mol. The molecule has 50 heavy (non-hydrogen) atoms. The number of halogens is 2. The molecule has 0 spiro atoms. The molecule has 3 aromatic carbocycles. The molecule has 0 aromatic heterocycles. The van der Waals surface area contributed by atoms with Crippen LogP contribution in [0.2, 0.25) is 0 Å². The summed E-state index contributed by atoms with van der Waals surface area (Å²) in [6.07, 6.45) is 8.21. The van der Waals surface area contributed by atoms with Gasteiger partial charge in [-0.15, -0.1) is 0 Å². The summed E-state index contributed by atoms with van der Waals surface area (Å²) in [6.45, 7) is 7.84. The molecule has 0 atom stereocenters. The molecular weight excluding hydrogens is 654 g/mol. The van der Waals surface area contributed by atoms with E-state index in [0.717, 1.165) is 50.0 Å². The smallest absolute Gasteiger partial charge is 0.343 e. The molecule has 3 aromatic rings. The number of carbonyl (C=O) groups is 4. The van der Waals surface area contributed by atoms with Gasteiger partial charge in [0, 0.05) is 12.2 Å². The van der Waals surface area contributed by atoms with Crippen LogP contribution in [0.1, 0.15) is 72.1 Å². The van der Waals surface area contributed by atoms with Crippen LogP contribution in [0.5, 0.6) is 23.0 Å². The van der Waals surface area contributed by atoms with Crippen LogP contribution < -0.4 is 18.9 Å². The molecule has 0 fully saturated rings. The topological polar surface area (TPSA) is 124 Å². The molecule has 0 radical (unpaired) electrons. The molecule has 0 amide bonds. The minimum absolute atomic E-state index is 0.00337. The van der Waals surface area contributed by atoms with Crippen molar-refractivity contribution < 1.29 is 56.4 Å². The van der Waals surface area contributed by atoms with Crippen molar-refractivity contribution in [3.63, 3.8) is 0 Å². The first-order chi connectivity index (χ1) is 24.2. The molecule has 0 N–H and O–H groups in total. The Morgan fingerprint density at radius 1 is 0.520 bits per heavy atom. The summed E-state index contributed by atoms with van der Waals surface area (Å²) < 4.78 is 60.5. The fraction of sp³-hybridized carbons (Fsp3) is 0.316. The Labute approximate surface area is 289 Å². The summed E-state index contributed by atoms with van der Waals surface area (Å²) in [4.78, 5) is 47.2. The summed E-state index contributed by atoms with van der Waals surface area (Å²) in [6, 6.07) is 13.1. The zero-order valence-corrected chi connectivity index (χ0v) is 27.7. The number of hydrogen-bond acceptors (Lipinski definition) is 10. The van der Waals surface area contributed by atoms with Crippen LogP contribution in [-0.4, -0.2) is 50.3 Å². The Morgan fingerprint density at radius 3 is 1.22 bits per heavy atom. The van der Waals surface area contributed by atoms with E-state index in [0.29, 0.717) is 38.9 Å². The molecule has 0 saturated carbocycles. The predicted molar refractivity (Wildman–Crippen MR) is 179 cm³/mol. The summed E-state index contributed by atoms with van der Waals surface area (Å²) in [7, 11) is 0. The summed E-state index contributed by atoms with van der Waals surface area (Å²) >= 11 is 0. The van der Waals surface area contributed by atoms with Gasteiger partial charge in [0.25, 0.3) is 0 Å². The third-order valence-electron chi connectivity index (χ3n) is 6.99. The molecule has 266 valence electrons. The third kappa shape index (κ3) is 13.9. The van der Waals surface area contributed by atoms with Crippen LogP contribution in [-0.2, 0) is 19.1 Å². The Hall–Kier alpha value is -5.52. The number of unbranched alkanes of at least 4 members (excludes halogenated alkanes) is 6. The van der Waals surface area contributed by atoms with Crippen LogP contribution >= 0.6 is 0 Å². The van der Waals surface area contributed by atoms with Gasteiger partial charge in [0.1, 0.15) is 11.5 Å². The van der Waals surface area contributed by atoms with Crippen LogP contribution in [0.25, 0.3) is 0 Å². The quantitative estimate of drug-likeness (QED) is 0.0447. The van der Waals surface area contributed by atoms with Gasteiger partial charge in [-0.05, 0) is 112 Å². The zero-order chi connectivity index (χ0) is 36.1. The minimum Gasteiger partial charge on any atom is -0.491 e. The lowest BCUT2D eigenvalue weighted by Gasteiger charge is -2.10. The Kier molecular flexibility index (Phi) is 16.7. The summed E-state index contributed by atoms with van der Waals surface area (Å²) in [5.74, 6) is -3.70. The van der Waals surface area contributed by atoms with E-state index >= 15 is 0 Å². The van der Waals surface area contributed by atoms with Crippen LogP contribution in [0.15, 0.2) is 86.0 Å². The summed E-state index contributed by atoms with van der Waals surface area (Å²) in [5, 5.41) is 0. The molecule has 0 heterocycles. The first-order valence-electron chi connectivity index (χ1n) is 16.2. The molecular formula is C38H40F2O10. The highest BCUT2D eigenvalue weighted by atomic mass is 19.1. The zero-order valence-electron chi connectivity index (χ0n) is 27.7. The van der Waals surface area contributed by atoms with Crippen molar-refractivity contribution in [3.8, 4) is 23.0 Å². The van der Waals surface area contributed by atoms with Gasteiger partial charge in [0.15, 0.2) is 23.1 Å². The van der Waals surface area contributed by atoms with E-state index in [4.69, 9.17) is 28.4 Å². The molecule has 0 saturated heterocycles. The first kappa shape index (κ1) is 38.9. The number of ether oxygens (including phenoxy) is 6. The van der Waals surface area contributed by atoms with Crippen molar-refractivity contribution in [1.82, 2.24) is 0 Å². The van der Waals surface area contributed by atoms with Gasteiger partial charge in [-0.25, -0.2) is 28.0 Å². The van der Waals surface area contributed by atoms with E-state index in [9.17, 15) is 28.0 Å². The molecule has 0 unspecified atom stereocenters. The second-order valence-electron chi connectivity index (χ2n) is 10.8. The average molecular weight is 695 g/mol. The van der Waals surface area contributed by atoms with Gasteiger partial charge in [-0.1, -0.05) is 13.2 Å². The molecule has 10 nitrogen and oxygen atoms in total. The van der Waals surface area contributed by atoms with Gasteiger partial charge in [-0.2, -0.15) is 0 Å². The number of carbonyl (C=O) groups excluding carboxylic acids is 4. The van der Waals surface area contributed by atoms with Gasteiger partial charge in [-0.3, -0.25) is 0 Å². The Morgan fingerprint density at radius 2 is 0.880 bits per heavy atom. The fourth-order valence-corrected chi connectivity index (χ4v) is 4.34. The minimum atomic E-state index is -0.804. The van der Waals surface area contributed by atoms with Crippen molar-refractivity contribution in [1.29, 1.82) is 0 Å². The predicted octanol–water partition coefficient (Wildman–Crippen LogP) is 7.74. The van der Waals surface area contributed by atoms with E-state index in [1.165, 1.54) is 48.5 Å². The van der Waals surface area contributed by atoms with Gasteiger partial charge >= 0.3 is 23.9 Å². The maximum atomic E-state index is 14.6. The largest absolute Gasteiger partial charge is 0.491 e. The Bertz CT molecular complexity index is 1490. The normalized spacial score (nSPS) is 10.4. The second kappa shape index (κ2) is 21.5. The van der Waals surface area contributed by atoms with Crippen molar-refractivity contribution >= 4 is 23.9 Å². The first-order valence-corrected chi connectivity index (χ1v) is 16.2. The molecule has 0 aliphatic rings. The summed E-state index contributed by atoms with van der Waals surface area (Å²) in [5.41, 5.74) is -0.0599. The lowest BCUT2D eigenvalue weighted by molar-refractivity contribution is -0.138. The van der Waals surface area contributed by atoms with Crippen molar-refractivity contribution in [2.45, 2.75) is 51.4 Å². The molecule has 0 aliphatic heterocycles. The molecule has 0 bridgehead atoms. The standard InChI is InChI=1S/C38H40F2O10/c1-3-35(41)47-23-11-7-5-9-21-45-33-19-13-27(25-31(33)39)37(43)49-29-15-17-30(18-16-29)50-38(44)28-14-20-34(32(40)26-28)46-22-10-6-8-12-24-48-36(42)4-2/h3-4,13-20,25-26H,1-2,5-12,21-24H2. The molecule has 0 aliphatic carbocycles.